The molecule has 0 amide bonds. The summed E-state index contributed by atoms with van der Waals surface area (Å²) >= 11 is 0. The molecule has 2 aliphatic heterocycles. The number of hydrogen-bond acceptors (Lipinski definition) is 5. The molecule has 1 aromatic heterocycles. The fraction of sp³-hybridized carbons (Fsp3) is 0.667. The van der Waals surface area contributed by atoms with Crippen molar-refractivity contribution in [2.45, 2.75) is 38.4 Å². The maximum atomic E-state index is 12.3. The zero-order valence-electron chi connectivity index (χ0n) is 16.7. The third-order valence-electron chi connectivity index (χ3n) is 5.17. The van der Waals surface area contributed by atoms with Crippen molar-refractivity contribution in [2.75, 3.05) is 39.0 Å². The number of pyridine rings is 1. The van der Waals surface area contributed by atoms with Gasteiger partial charge in [-0.1, -0.05) is 6.07 Å². The number of hydrogen-bond donors (Lipinski definition) is 1. The molecule has 1 aromatic rings. The van der Waals surface area contributed by atoms with Crippen LogP contribution in [0.25, 0.3) is 0 Å². The van der Waals surface area contributed by atoms with E-state index in [1.807, 2.05) is 10.6 Å². The minimum atomic E-state index is -5.08. The van der Waals surface area contributed by atoms with Gasteiger partial charge in [0, 0.05) is 44.4 Å². The monoisotopic (exact) mass is 453 g/mol. The molecule has 1 saturated heterocycles. The number of carboxylic acids is 1. The van der Waals surface area contributed by atoms with E-state index in [2.05, 4.69) is 4.90 Å². The minimum absolute atomic E-state index is 0.0238. The predicted molar refractivity (Wildman–Crippen MR) is 104 cm³/mol. The standard InChI is InChI=1S/C16H25N3O3S.C2HF3O2/c1-23(21,22)18-10-6-14-4-5-16(20)19(15(14)7-11-18)13-12-17-8-2-3-9-17;3-2(4,5)1(6)7/h4-5H,2-3,6-13H2,1H3;(H,6,7). The molecule has 0 atom stereocenters. The largest absolute Gasteiger partial charge is 0.490 e. The highest BCUT2D eigenvalue weighted by Crippen LogP contribution is 2.17. The highest BCUT2D eigenvalue weighted by molar-refractivity contribution is 7.88. The van der Waals surface area contributed by atoms with Crippen molar-refractivity contribution in [1.29, 1.82) is 0 Å². The first-order valence-electron chi connectivity index (χ1n) is 9.59. The van der Waals surface area contributed by atoms with Gasteiger partial charge in [-0.2, -0.15) is 13.2 Å². The van der Waals surface area contributed by atoms with Gasteiger partial charge in [-0.3, -0.25) is 4.79 Å². The summed E-state index contributed by atoms with van der Waals surface area (Å²) in [7, 11) is -3.18. The Balaban J connectivity index is 0.000000396. The molecular formula is C18H26F3N3O5S. The van der Waals surface area contributed by atoms with Crippen LogP contribution in [0.4, 0.5) is 13.2 Å². The average Bonchev–Trinajstić information content (AvgIpc) is 3.04. The molecule has 3 rings (SSSR count). The van der Waals surface area contributed by atoms with Gasteiger partial charge in [-0.25, -0.2) is 17.5 Å². The summed E-state index contributed by atoms with van der Waals surface area (Å²) in [5.74, 6) is -2.76. The summed E-state index contributed by atoms with van der Waals surface area (Å²) in [6.45, 7) is 4.78. The maximum Gasteiger partial charge on any atom is 0.490 e. The lowest BCUT2D eigenvalue weighted by Crippen LogP contribution is -2.33. The van der Waals surface area contributed by atoms with Crippen LogP contribution in [0.15, 0.2) is 16.9 Å². The Morgan fingerprint density at radius 2 is 1.63 bits per heavy atom. The smallest absolute Gasteiger partial charge is 0.475 e. The second-order valence-corrected chi connectivity index (χ2v) is 9.29. The first kappa shape index (κ1) is 24.4. The molecule has 8 nitrogen and oxygen atoms in total. The van der Waals surface area contributed by atoms with Gasteiger partial charge < -0.3 is 14.6 Å². The number of sulfonamides is 1. The van der Waals surface area contributed by atoms with E-state index in [0.29, 0.717) is 32.5 Å². The van der Waals surface area contributed by atoms with Crippen molar-refractivity contribution in [3.8, 4) is 0 Å². The van der Waals surface area contributed by atoms with Crippen LogP contribution in [0.2, 0.25) is 0 Å². The van der Waals surface area contributed by atoms with Crippen LogP contribution >= 0.6 is 0 Å². The maximum absolute atomic E-state index is 12.3. The Bertz CT molecular complexity index is 909. The highest BCUT2D eigenvalue weighted by atomic mass is 32.2. The normalized spacial score (nSPS) is 18.3. The van der Waals surface area contributed by atoms with Gasteiger partial charge in [0.2, 0.25) is 10.0 Å². The molecule has 1 fully saturated rings. The number of nitrogens with zero attached hydrogens (tertiary/aromatic N) is 3. The molecule has 3 heterocycles. The zero-order valence-corrected chi connectivity index (χ0v) is 17.5. The number of aromatic nitrogens is 1. The third kappa shape index (κ3) is 6.81. The molecule has 0 bridgehead atoms. The van der Waals surface area contributed by atoms with E-state index in [-0.39, 0.29) is 5.56 Å². The van der Waals surface area contributed by atoms with Gasteiger partial charge in [0.15, 0.2) is 0 Å². The van der Waals surface area contributed by atoms with Crippen LogP contribution in [-0.4, -0.2) is 78.4 Å². The highest BCUT2D eigenvalue weighted by Gasteiger charge is 2.38. The Labute approximate surface area is 172 Å². The first-order chi connectivity index (χ1) is 13.9. The predicted octanol–water partition coefficient (Wildman–Crippen LogP) is 0.938. The average molecular weight is 453 g/mol. The van der Waals surface area contributed by atoms with Crippen LogP contribution in [0.3, 0.4) is 0 Å². The van der Waals surface area contributed by atoms with E-state index in [0.717, 1.165) is 30.9 Å². The van der Waals surface area contributed by atoms with Crippen LogP contribution in [0, 0.1) is 0 Å². The van der Waals surface area contributed by atoms with Crippen LogP contribution in [-0.2, 0) is 34.2 Å². The molecule has 0 saturated carbocycles. The first-order valence-corrected chi connectivity index (χ1v) is 11.4. The number of alkyl halides is 3. The van der Waals surface area contributed by atoms with Crippen molar-refractivity contribution in [3.05, 3.63) is 33.7 Å². The molecule has 170 valence electrons. The molecule has 0 spiro atoms. The van der Waals surface area contributed by atoms with E-state index in [1.165, 1.54) is 23.4 Å². The van der Waals surface area contributed by atoms with E-state index in [4.69, 9.17) is 9.90 Å². The number of halogens is 3. The molecule has 0 radical (unpaired) electrons. The van der Waals surface area contributed by atoms with Crippen LogP contribution in [0.5, 0.6) is 0 Å². The summed E-state index contributed by atoms with van der Waals surface area (Å²) in [5, 5.41) is 7.12. The summed E-state index contributed by atoms with van der Waals surface area (Å²) in [6, 6.07) is 3.49. The Hall–Kier alpha value is -1.92. The molecule has 12 heteroatoms. The summed E-state index contributed by atoms with van der Waals surface area (Å²) in [4.78, 5) is 23.6. The molecular weight excluding hydrogens is 427 g/mol. The van der Waals surface area contributed by atoms with Crippen molar-refractivity contribution < 1.29 is 31.5 Å². The molecule has 2 aliphatic rings. The molecule has 0 aromatic carbocycles. The zero-order chi connectivity index (χ0) is 22.5. The fourth-order valence-electron chi connectivity index (χ4n) is 3.60. The van der Waals surface area contributed by atoms with Gasteiger partial charge in [-0.05, 0) is 37.9 Å². The summed E-state index contributed by atoms with van der Waals surface area (Å²) in [6.07, 6.45) is -0.0649. The van der Waals surface area contributed by atoms with Gasteiger partial charge in [0.1, 0.15) is 0 Å². The van der Waals surface area contributed by atoms with E-state index >= 15 is 0 Å². The summed E-state index contributed by atoms with van der Waals surface area (Å²) in [5.41, 5.74) is 2.15. The van der Waals surface area contributed by atoms with Gasteiger partial charge in [-0.15, -0.1) is 0 Å². The van der Waals surface area contributed by atoms with E-state index in [1.54, 1.807) is 6.07 Å². The van der Waals surface area contributed by atoms with Crippen molar-refractivity contribution in [3.63, 3.8) is 0 Å². The van der Waals surface area contributed by atoms with Crippen molar-refractivity contribution in [2.24, 2.45) is 0 Å². The van der Waals surface area contributed by atoms with Crippen molar-refractivity contribution in [1.82, 2.24) is 13.8 Å². The third-order valence-corrected chi connectivity index (χ3v) is 6.47. The van der Waals surface area contributed by atoms with Crippen LogP contribution in [0.1, 0.15) is 24.1 Å². The van der Waals surface area contributed by atoms with E-state index in [9.17, 15) is 26.4 Å². The Kier molecular flexibility index (Phi) is 8.06. The number of aliphatic carboxylic acids is 1. The topological polar surface area (TPSA) is 99.9 Å². The molecule has 0 unspecified atom stereocenters. The van der Waals surface area contributed by atoms with Gasteiger partial charge >= 0.3 is 12.1 Å². The summed E-state index contributed by atoms with van der Waals surface area (Å²) < 4.78 is 58.7. The molecule has 1 N–H and O–H groups in total. The van der Waals surface area contributed by atoms with Crippen LogP contribution < -0.4 is 5.56 Å². The number of fused-ring (bicyclic) bond motifs is 1. The molecule has 30 heavy (non-hydrogen) atoms. The number of carbonyl (C=O) groups is 1. The minimum Gasteiger partial charge on any atom is -0.475 e. The molecule has 0 aliphatic carbocycles. The van der Waals surface area contributed by atoms with Gasteiger partial charge in [0.05, 0.1) is 6.26 Å². The van der Waals surface area contributed by atoms with E-state index < -0.39 is 22.2 Å². The lowest BCUT2D eigenvalue weighted by Gasteiger charge is -2.19. The lowest BCUT2D eigenvalue weighted by atomic mass is 10.1. The second kappa shape index (κ2) is 9.92. The number of likely N-dealkylation sites (tertiary alicyclic amines) is 1. The Morgan fingerprint density at radius 1 is 1.07 bits per heavy atom. The van der Waals surface area contributed by atoms with Crippen molar-refractivity contribution >= 4 is 16.0 Å². The SMILES string of the molecule is CS(=O)(=O)N1CCc2ccc(=O)n(CCN3CCCC3)c2CC1.O=C(O)C(F)(F)F. The Morgan fingerprint density at radius 3 is 2.17 bits per heavy atom. The van der Waals surface area contributed by atoms with Gasteiger partial charge in [0.25, 0.3) is 5.56 Å². The lowest BCUT2D eigenvalue weighted by molar-refractivity contribution is -0.192. The number of carboxylic acid groups (broad SMARTS) is 1. The quantitative estimate of drug-likeness (QED) is 0.729. The fourth-order valence-corrected chi connectivity index (χ4v) is 4.45. The second-order valence-electron chi connectivity index (χ2n) is 7.31. The number of rotatable bonds is 4.